The van der Waals surface area contributed by atoms with E-state index in [1.807, 2.05) is 42.5 Å². The van der Waals surface area contributed by atoms with Gasteiger partial charge in [-0.2, -0.15) is 0 Å². The highest BCUT2D eigenvalue weighted by Gasteiger charge is 2.20. The maximum absolute atomic E-state index is 12.4. The van der Waals surface area contributed by atoms with Gasteiger partial charge < -0.3 is 14.2 Å². The van der Waals surface area contributed by atoms with Crippen LogP contribution in [0.15, 0.2) is 74.3 Å². The molecule has 2 heterocycles. The quantitative estimate of drug-likeness (QED) is 0.510. The number of benzene rings is 2. The molecule has 2 aromatic carbocycles. The molecule has 0 amide bonds. The molecular weight excluding hydrogens is 338 g/mol. The molecule has 4 aromatic rings. The van der Waals surface area contributed by atoms with E-state index in [1.54, 1.807) is 25.1 Å². The van der Waals surface area contributed by atoms with Crippen molar-refractivity contribution < 1.29 is 8.83 Å². The van der Waals surface area contributed by atoms with E-state index in [-0.39, 0.29) is 0 Å². The predicted octanol–water partition coefficient (Wildman–Crippen LogP) is 5.76. The molecule has 124 valence electrons. The first-order valence-electron chi connectivity index (χ1n) is 7.77. The van der Waals surface area contributed by atoms with Gasteiger partial charge in [-0.15, -0.1) is 0 Å². The van der Waals surface area contributed by atoms with E-state index in [2.05, 4.69) is 5.32 Å². The molecule has 0 aliphatic carbocycles. The van der Waals surface area contributed by atoms with E-state index in [9.17, 15) is 4.79 Å². The highest BCUT2D eigenvalue weighted by molar-refractivity contribution is 6.30. The summed E-state index contributed by atoms with van der Waals surface area (Å²) < 4.78 is 11.2. The molecule has 0 saturated heterocycles. The summed E-state index contributed by atoms with van der Waals surface area (Å²) in [4.78, 5) is 12.4. The second-order valence-electron chi connectivity index (χ2n) is 5.69. The Morgan fingerprint density at radius 3 is 2.40 bits per heavy atom. The number of furan rings is 1. The molecule has 0 radical (unpaired) electrons. The molecule has 0 saturated carbocycles. The van der Waals surface area contributed by atoms with E-state index in [4.69, 9.17) is 20.4 Å². The third-order valence-electron chi connectivity index (χ3n) is 3.89. The summed E-state index contributed by atoms with van der Waals surface area (Å²) >= 11 is 5.99. The number of rotatable bonds is 3. The predicted molar refractivity (Wildman–Crippen MR) is 99.7 cm³/mol. The fourth-order valence-corrected chi connectivity index (χ4v) is 2.92. The third kappa shape index (κ3) is 2.92. The maximum atomic E-state index is 12.4. The van der Waals surface area contributed by atoms with Gasteiger partial charge in [0.15, 0.2) is 0 Å². The molecule has 0 bridgehead atoms. The fraction of sp³-hybridized carbons (Fsp3) is 0.0500. The molecule has 0 aliphatic rings. The van der Waals surface area contributed by atoms with Crippen LogP contribution in [0.2, 0.25) is 5.02 Å². The van der Waals surface area contributed by atoms with E-state index >= 15 is 0 Å². The first-order chi connectivity index (χ1) is 12.1. The van der Waals surface area contributed by atoms with Crippen LogP contribution in [0.25, 0.3) is 22.1 Å². The number of hydrogen-bond donors (Lipinski definition) is 1. The summed E-state index contributed by atoms with van der Waals surface area (Å²) in [5.41, 5.74) is 2.39. The monoisotopic (exact) mass is 351 g/mol. The highest BCUT2D eigenvalue weighted by Crippen LogP contribution is 2.38. The zero-order valence-corrected chi connectivity index (χ0v) is 14.1. The first-order valence-corrected chi connectivity index (χ1v) is 8.15. The van der Waals surface area contributed by atoms with Gasteiger partial charge in [-0.25, -0.2) is 4.79 Å². The van der Waals surface area contributed by atoms with Crippen molar-refractivity contribution in [1.29, 1.82) is 0 Å². The summed E-state index contributed by atoms with van der Waals surface area (Å²) in [6.45, 7) is 1.72. The number of para-hydroxylation sites is 1. The number of anilines is 2. The van der Waals surface area contributed by atoms with Crippen molar-refractivity contribution in [2.24, 2.45) is 0 Å². The van der Waals surface area contributed by atoms with Crippen molar-refractivity contribution in [2.75, 3.05) is 5.32 Å². The number of halogens is 1. The van der Waals surface area contributed by atoms with Crippen molar-refractivity contribution in [1.82, 2.24) is 0 Å². The van der Waals surface area contributed by atoms with Crippen molar-refractivity contribution in [2.45, 2.75) is 6.92 Å². The lowest BCUT2D eigenvalue weighted by atomic mass is 10.0. The Morgan fingerprint density at radius 1 is 0.960 bits per heavy atom. The lowest BCUT2D eigenvalue weighted by Crippen LogP contribution is -2.00. The smallest absolute Gasteiger partial charge is 0.347 e. The van der Waals surface area contributed by atoms with Crippen LogP contribution in [-0.2, 0) is 0 Å². The first kappa shape index (κ1) is 15.5. The average molecular weight is 352 g/mol. The molecule has 0 spiro atoms. The molecule has 2 aromatic heterocycles. The van der Waals surface area contributed by atoms with Gasteiger partial charge >= 0.3 is 5.63 Å². The second kappa shape index (κ2) is 6.15. The summed E-state index contributed by atoms with van der Waals surface area (Å²) in [6, 6.07) is 18.6. The number of nitrogens with one attached hydrogen (secondary N) is 1. The molecule has 1 N–H and O–H groups in total. The van der Waals surface area contributed by atoms with Crippen LogP contribution in [0.1, 0.15) is 5.76 Å². The number of aryl methyl sites for hydroxylation is 1. The Balaban J connectivity index is 1.97. The fourth-order valence-electron chi connectivity index (χ4n) is 2.80. The Morgan fingerprint density at radius 2 is 1.68 bits per heavy atom. The standard InChI is InChI=1S/C20H14ClNO3/c1-12-11-16-18(20(23)24-12)17(13-7-9-14(21)10-8-13)19(25-16)22-15-5-3-2-4-6-15/h2-11,22H,1H3. The molecule has 4 nitrogen and oxygen atoms in total. The van der Waals surface area contributed by atoms with Gasteiger partial charge in [0.2, 0.25) is 5.88 Å². The molecular formula is C20H14ClNO3. The van der Waals surface area contributed by atoms with Crippen LogP contribution in [-0.4, -0.2) is 0 Å². The van der Waals surface area contributed by atoms with Crippen LogP contribution in [0.4, 0.5) is 11.6 Å². The Labute approximate surface area is 148 Å². The summed E-state index contributed by atoms with van der Waals surface area (Å²) in [7, 11) is 0. The van der Waals surface area contributed by atoms with Crippen LogP contribution in [0.5, 0.6) is 0 Å². The van der Waals surface area contributed by atoms with Crippen LogP contribution >= 0.6 is 11.6 Å². The van der Waals surface area contributed by atoms with Crippen molar-refractivity contribution >= 4 is 34.1 Å². The van der Waals surface area contributed by atoms with Crippen molar-refractivity contribution in [3.8, 4) is 11.1 Å². The zero-order valence-electron chi connectivity index (χ0n) is 13.4. The number of hydrogen-bond acceptors (Lipinski definition) is 4. The third-order valence-corrected chi connectivity index (χ3v) is 4.14. The molecule has 0 atom stereocenters. The minimum absolute atomic E-state index is 0.409. The lowest BCUT2D eigenvalue weighted by molar-refractivity contribution is 0.485. The van der Waals surface area contributed by atoms with Gasteiger partial charge in [-0.1, -0.05) is 41.9 Å². The average Bonchev–Trinajstić information content (AvgIpc) is 2.94. The minimum atomic E-state index is -0.426. The molecule has 5 heteroatoms. The Kier molecular flexibility index (Phi) is 3.82. The number of fused-ring (bicyclic) bond motifs is 1. The zero-order chi connectivity index (χ0) is 17.4. The normalized spacial score (nSPS) is 11.0. The summed E-state index contributed by atoms with van der Waals surface area (Å²) in [6.07, 6.45) is 0. The topological polar surface area (TPSA) is 55.4 Å². The van der Waals surface area contributed by atoms with E-state index in [0.717, 1.165) is 11.3 Å². The van der Waals surface area contributed by atoms with Crippen LogP contribution in [0, 0.1) is 6.92 Å². The van der Waals surface area contributed by atoms with E-state index in [0.29, 0.717) is 33.2 Å². The van der Waals surface area contributed by atoms with Crippen LogP contribution in [0.3, 0.4) is 0 Å². The van der Waals surface area contributed by atoms with Gasteiger partial charge in [0.1, 0.15) is 16.7 Å². The van der Waals surface area contributed by atoms with Crippen LogP contribution < -0.4 is 10.9 Å². The Bertz CT molecular complexity index is 1100. The Hall–Kier alpha value is -2.98. The highest BCUT2D eigenvalue weighted by atomic mass is 35.5. The molecule has 0 unspecified atom stereocenters. The van der Waals surface area contributed by atoms with E-state index in [1.165, 1.54) is 0 Å². The molecule has 25 heavy (non-hydrogen) atoms. The van der Waals surface area contributed by atoms with Crippen molar-refractivity contribution in [3.63, 3.8) is 0 Å². The lowest BCUT2D eigenvalue weighted by Gasteiger charge is -2.06. The van der Waals surface area contributed by atoms with Gasteiger partial charge in [0, 0.05) is 16.8 Å². The second-order valence-corrected chi connectivity index (χ2v) is 6.12. The maximum Gasteiger partial charge on any atom is 0.347 e. The molecule has 0 fully saturated rings. The SMILES string of the molecule is Cc1cc2oc(Nc3ccccc3)c(-c3ccc(Cl)cc3)c2c(=O)o1. The van der Waals surface area contributed by atoms with Gasteiger partial charge in [0.05, 0.1) is 5.56 Å². The minimum Gasteiger partial charge on any atom is -0.439 e. The van der Waals surface area contributed by atoms with Gasteiger partial charge in [0.25, 0.3) is 0 Å². The molecule has 4 rings (SSSR count). The summed E-state index contributed by atoms with van der Waals surface area (Å²) in [5, 5.41) is 4.27. The van der Waals surface area contributed by atoms with Gasteiger partial charge in [-0.05, 0) is 36.8 Å². The van der Waals surface area contributed by atoms with Gasteiger partial charge in [-0.3, -0.25) is 0 Å². The summed E-state index contributed by atoms with van der Waals surface area (Å²) in [5.74, 6) is 0.988. The van der Waals surface area contributed by atoms with E-state index < -0.39 is 5.63 Å². The largest absolute Gasteiger partial charge is 0.439 e. The van der Waals surface area contributed by atoms with Crippen molar-refractivity contribution in [3.05, 3.63) is 81.9 Å². The molecule has 0 aliphatic heterocycles.